The molecule has 46 heavy (non-hydrogen) atoms. The third-order valence-corrected chi connectivity index (χ3v) is 8.77. The summed E-state index contributed by atoms with van der Waals surface area (Å²) < 4.78 is 3.06. The molecule has 0 bridgehead atoms. The Morgan fingerprint density at radius 1 is 1.13 bits per heavy atom. The molecule has 18 heteroatoms. The van der Waals surface area contributed by atoms with Gasteiger partial charge in [-0.15, -0.1) is 0 Å². The molecule has 3 saturated heterocycles. The van der Waals surface area contributed by atoms with Crippen LogP contribution in [0.3, 0.4) is 0 Å². The molecule has 4 heterocycles. The maximum Gasteiger partial charge on any atom is 0.414 e. The second kappa shape index (κ2) is 11.3. The normalized spacial score (nSPS) is 26.7. The number of guanidine groups is 1. The lowest BCUT2D eigenvalue weighted by Crippen LogP contribution is -2.78. The van der Waals surface area contributed by atoms with Gasteiger partial charge in [-0.05, 0) is 11.5 Å². The van der Waals surface area contributed by atoms with Crippen LogP contribution in [0.15, 0.2) is 53.8 Å². The number of alkyl halides is 3. The Morgan fingerprint density at radius 3 is 2.52 bits per heavy atom. The highest BCUT2D eigenvalue weighted by atomic mass is 35.6. The molecule has 0 aliphatic carbocycles. The van der Waals surface area contributed by atoms with Crippen LogP contribution in [-0.2, 0) is 14.3 Å². The first-order chi connectivity index (χ1) is 21.6. The number of alkyl carbamates (subject to hydrolysis) is 1. The summed E-state index contributed by atoms with van der Waals surface area (Å²) in [5.41, 5.74) is -2.11. The summed E-state index contributed by atoms with van der Waals surface area (Å²) in [6, 6.07) is 6.27. The van der Waals surface area contributed by atoms with Gasteiger partial charge in [-0.2, -0.15) is 0 Å². The molecule has 15 nitrogen and oxygen atoms in total. The zero-order chi connectivity index (χ0) is 33.2. The van der Waals surface area contributed by atoms with E-state index in [2.05, 4.69) is 32.8 Å². The molecule has 2 aromatic rings. The second-order valence-electron chi connectivity index (χ2n) is 11.3. The molecule has 4 atom stereocenters. The van der Waals surface area contributed by atoms with Gasteiger partial charge < -0.3 is 40.9 Å². The van der Waals surface area contributed by atoms with Crippen molar-refractivity contribution in [3.8, 4) is 5.75 Å². The standard InChI is InChI=1S/C28H28Cl3N7O8/c1-13-32-22-17(10-37-19(39)8-9-20(37)40)33-24(35-25(43)46-12-26(29,30)31)38-11-18(28(44,45)27(22,38)36-13)34-23(42)16-7-6-14-4-2-3-5-15(14)21(16)41/h2-7,17-18,22,32,36,41,44-45H,1,8-12H2,(H,34,42)(H,33,35,43)/t17-,18?,22-,27-/m0/s1. The molecule has 2 aromatic carbocycles. The Labute approximate surface area is 276 Å². The number of ether oxygens (including phenoxy) is 1. The zero-order valence-electron chi connectivity index (χ0n) is 23.8. The Hall–Kier alpha value is -4.02. The van der Waals surface area contributed by atoms with Gasteiger partial charge in [-0.25, -0.2) is 9.79 Å². The fourth-order valence-corrected chi connectivity index (χ4v) is 6.56. The average molecular weight is 697 g/mol. The number of carbonyl (C=O) groups excluding carboxylic acids is 4. The Bertz CT molecular complexity index is 1680. The fraction of sp³-hybridized carbons (Fsp3) is 0.393. The number of rotatable bonds is 5. The number of imide groups is 1. The van der Waals surface area contributed by atoms with E-state index < -0.39 is 63.8 Å². The van der Waals surface area contributed by atoms with Gasteiger partial charge in [0.2, 0.25) is 27.4 Å². The minimum absolute atomic E-state index is 0.00368. The number of phenolic OH excluding ortho intramolecular Hbond substituents is 1. The molecule has 0 saturated carbocycles. The number of phenols is 1. The lowest BCUT2D eigenvalue weighted by molar-refractivity contribution is -0.231. The van der Waals surface area contributed by atoms with Crippen molar-refractivity contribution in [1.29, 1.82) is 0 Å². The van der Waals surface area contributed by atoms with Gasteiger partial charge in [0.1, 0.15) is 18.4 Å². The zero-order valence-corrected chi connectivity index (χ0v) is 26.1. The summed E-state index contributed by atoms with van der Waals surface area (Å²) in [6.07, 6.45) is -1.11. The highest BCUT2D eigenvalue weighted by Gasteiger charge is 2.74. The number of aliphatic hydroxyl groups is 2. The van der Waals surface area contributed by atoms with Crippen molar-refractivity contribution >= 4 is 75.3 Å². The van der Waals surface area contributed by atoms with Gasteiger partial charge in [0.15, 0.2) is 5.66 Å². The first kappa shape index (κ1) is 31.9. The quantitative estimate of drug-likeness (QED) is 0.129. The third-order valence-electron chi connectivity index (χ3n) is 8.44. The average Bonchev–Trinajstić information content (AvgIpc) is 3.58. The molecule has 0 radical (unpaired) electrons. The predicted octanol–water partition coefficient (Wildman–Crippen LogP) is 0.353. The molecule has 1 unspecified atom stereocenters. The smallest absolute Gasteiger partial charge is 0.414 e. The molecular weight excluding hydrogens is 669 g/mol. The molecule has 3 fully saturated rings. The minimum atomic E-state index is -2.84. The van der Waals surface area contributed by atoms with Gasteiger partial charge >= 0.3 is 6.09 Å². The second-order valence-corrected chi connectivity index (χ2v) is 13.8. The van der Waals surface area contributed by atoms with E-state index in [1.807, 2.05) is 0 Å². The summed E-state index contributed by atoms with van der Waals surface area (Å²) >= 11 is 17.1. The van der Waals surface area contributed by atoms with Crippen LogP contribution in [0.4, 0.5) is 4.79 Å². The van der Waals surface area contributed by atoms with Gasteiger partial charge in [-0.3, -0.25) is 24.6 Å². The predicted molar refractivity (Wildman–Crippen MR) is 165 cm³/mol. The summed E-state index contributed by atoms with van der Waals surface area (Å²) in [4.78, 5) is 58.2. The van der Waals surface area contributed by atoms with Crippen molar-refractivity contribution in [3.63, 3.8) is 0 Å². The van der Waals surface area contributed by atoms with Crippen LogP contribution in [0.1, 0.15) is 23.2 Å². The number of aromatic hydroxyl groups is 1. The van der Waals surface area contributed by atoms with Gasteiger partial charge in [0.05, 0.1) is 30.0 Å². The van der Waals surface area contributed by atoms with Crippen LogP contribution in [0.2, 0.25) is 0 Å². The number of amides is 4. The van der Waals surface area contributed by atoms with E-state index in [0.717, 1.165) is 4.90 Å². The van der Waals surface area contributed by atoms with Crippen LogP contribution < -0.4 is 21.3 Å². The number of carbonyl (C=O) groups is 4. The van der Waals surface area contributed by atoms with Gasteiger partial charge in [0.25, 0.3) is 5.91 Å². The molecule has 7 N–H and O–H groups in total. The molecule has 0 aromatic heterocycles. The van der Waals surface area contributed by atoms with Gasteiger partial charge in [-0.1, -0.05) is 71.7 Å². The topological polar surface area (TPSA) is 205 Å². The number of nitrogens with one attached hydrogen (secondary N) is 4. The number of halogens is 3. The SMILES string of the molecule is C=C1N[C@H]2[C@H](CN3C(=O)CCC3=O)N=C(NC(=O)OCC(Cl)(Cl)Cl)N3CC(NC(=O)c4ccc5ccccc5c4O)C(O)(O)[C@]23N1. The lowest BCUT2D eigenvalue weighted by atomic mass is 9.85. The molecule has 4 aliphatic heterocycles. The largest absolute Gasteiger partial charge is 0.506 e. The van der Waals surface area contributed by atoms with Crippen LogP contribution in [-0.4, -0.2) is 108 Å². The Balaban J connectivity index is 1.36. The third kappa shape index (κ3) is 5.31. The number of fused-ring (bicyclic) bond motifs is 1. The minimum Gasteiger partial charge on any atom is -0.506 e. The highest BCUT2D eigenvalue weighted by Crippen LogP contribution is 2.45. The molecule has 4 aliphatic rings. The number of likely N-dealkylation sites (tertiary alicyclic amines) is 1. The number of benzene rings is 2. The van der Waals surface area contributed by atoms with E-state index in [9.17, 15) is 34.5 Å². The molecule has 4 amide bonds. The first-order valence-electron chi connectivity index (χ1n) is 14.0. The summed E-state index contributed by atoms with van der Waals surface area (Å²) in [7, 11) is 0. The first-order valence-corrected chi connectivity index (χ1v) is 15.1. The van der Waals surface area contributed by atoms with E-state index in [4.69, 9.17) is 39.5 Å². The van der Waals surface area contributed by atoms with E-state index in [0.29, 0.717) is 10.8 Å². The fourth-order valence-electron chi connectivity index (χ4n) is 6.39. The summed E-state index contributed by atoms with van der Waals surface area (Å²) in [6.45, 7) is 2.58. The Morgan fingerprint density at radius 2 is 1.83 bits per heavy atom. The van der Waals surface area contributed by atoms with Crippen molar-refractivity contribution in [2.45, 2.75) is 46.2 Å². The monoisotopic (exact) mass is 695 g/mol. The summed E-state index contributed by atoms with van der Waals surface area (Å²) in [5.74, 6) is -4.99. The van der Waals surface area contributed by atoms with Crippen LogP contribution >= 0.6 is 34.8 Å². The van der Waals surface area contributed by atoms with Crippen LogP contribution in [0, 0.1) is 0 Å². The number of hydrogen-bond acceptors (Lipinski definition) is 12. The lowest BCUT2D eigenvalue weighted by Gasteiger charge is -2.49. The number of hydrogen-bond donors (Lipinski definition) is 7. The highest BCUT2D eigenvalue weighted by molar-refractivity contribution is 6.67. The summed E-state index contributed by atoms with van der Waals surface area (Å²) in [5, 5.41) is 46.7. The van der Waals surface area contributed by atoms with Crippen molar-refractivity contribution in [2.24, 2.45) is 4.99 Å². The van der Waals surface area contributed by atoms with Crippen LogP contribution in [0.25, 0.3) is 10.8 Å². The molecule has 1 spiro atoms. The van der Waals surface area contributed by atoms with E-state index in [1.165, 1.54) is 11.0 Å². The van der Waals surface area contributed by atoms with Crippen molar-refractivity contribution in [3.05, 3.63) is 54.4 Å². The molecular formula is C28H28Cl3N7O8. The van der Waals surface area contributed by atoms with Crippen LogP contribution in [0.5, 0.6) is 5.75 Å². The van der Waals surface area contributed by atoms with Crippen molar-refractivity contribution in [1.82, 2.24) is 31.1 Å². The number of nitrogens with zero attached hydrogens (tertiary/aromatic N) is 3. The van der Waals surface area contributed by atoms with E-state index in [-0.39, 0.29) is 49.0 Å². The van der Waals surface area contributed by atoms with Crippen molar-refractivity contribution in [2.75, 3.05) is 19.7 Å². The van der Waals surface area contributed by atoms with E-state index in [1.54, 1.807) is 30.3 Å². The molecule has 6 rings (SSSR count). The van der Waals surface area contributed by atoms with Crippen molar-refractivity contribution < 1.29 is 39.2 Å². The van der Waals surface area contributed by atoms with E-state index >= 15 is 0 Å². The maximum atomic E-state index is 13.5. The number of aliphatic imine (C=N–C) groups is 1. The molecule has 244 valence electrons. The Kier molecular flexibility index (Phi) is 7.88. The maximum absolute atomic E-state index is 13.5. The van der Waals surface area contributed by atoms with Gasteiger partial charge in [0, 0.05) is 24.8 Å².